The Morgan fingerprint density at radius 2 is 1.63 bits per heavy atom. The van der Waals surface area contributed by atoms with Crippen molar-refractivity contribution in [1.82, 2.24) is 5.32 Å². The van der Waals surface area contributed by atoms with Gasteiger partial charge < -0.3 is 10.6 Å². The van der Waals surface area contributed by atoms with Gasteiger partial charge in [0.15, 0.2) is 0 Å². The van der Waals surface area contributed by atoms with Crippen LogP contribution in [0, 0.1) is 5.41 Å². The highest BCUT2D eigenvalue weighted by atomic mass is 35.5. The van der Waals surface area contributed by atoms with E-state index >= 15 is 0 Å². The third-order valence-electron chi connectivity index (χ3n) is 2.89. The molecule has 0 saturated carbocycles. The first kappa shape index (κ1) is 16.4. The molecule has 2 N–H and O–H groups in total. The molecule has 0 aliphatic rings. The molecule has 19 heavy (non-hydrogen) atoms. The molecule has 1 rings (SSSR count). The van der Waals surface area contributed by atoms with Gasteiger partial charge in [-0.05, 0) is 24.5 Å². The Bertz CT molecular complexity index is 460. The summed E-state index contributed by atoms with van der Waals surface area (Å²) in [5.74, 6) is 0. The van der Waals surface area contributed by atoms with Crippen LogP contribution in [0.15, 0.2) is 12.1 Å². The van der Waals surface area contributed by atoms with Gasteiger partial charge in [0.25, 0.3) is 0 Å². The Labute approximate surface area is 128 Å². The van der Waals surface area contributed by atoms with Crippen LogP contribution in [-0.2, 0) is 0 Å². The van der Waals surface area contributed by atoms with Crippen LogP contribution in [-0.4, -0.2) is 12.1 Å². The molecule has 0 aromatic heterocycles. The van der Waals surface area contributed by atoms with Crippen molar-refractivity contribution in [2.24, 2.45) is 5.41 Å². The molecule has 0 saturated heterocycles. The van der Waals surface area contributed by atoms with Crippen molar-refractivity contribution >= 4 is 46.5 Å². The molecular formula is C13H17Cl3N2O. The van der Waals surface area contributed by atoms with Gasteiger partial charge in [-0.15, -0.1) is 0 Å². The maximum absolute atomic E-state index is 11.9. The van der Waals surface area contributed by atoms with Crippen molar-refractivity contribution in [3.05, 3.63) is 27.2 Å². The molecule has 0 aliphatic heterocycles. The summed E-state index contributed by atoms with van der Waals surface area (Å²) in [6, 6.07) is 2.70. The summed E-state index contributed by atoms with van der Waals surface area (Å²) in [5, 5.41) is 6.50. The lowest BCUT2D eigenvalue weighted by Gasteiger charge is -2.28. The van der Waals surface area contributed by atoms with Gasteiger partial charge in [0, 0.05) is 11.1 Å². The number of benzene rings is 1. The van der Waals surface area contributed by atoms with Crippen LogP contribution < -0.4 is 10.6 Å². The average molecular weight is 324 g/mol. The number of urea groups is 1. The lowest BCUT2D eigenvalue weighted by molar-refractivity contribution is 0.233. The predicted octanol–water partition coefficient (Wildman–Crippen LogP) is 5.20. The van der Waals surface area contributed by atoms with E-state index in [0.29, 0.717) is 20.8 Å². The molecule has 1 aromatic rings. The third kappa shape index (κ3) is 4.75. The van der Waals surface area contributed by atoms with E-state index in [1.165, 1.54) is 12.1 Å². The van der Waals surface area contributed by atoms with E-state index in [1.54, 1.807) is 0 Å². The average Bonchev–Trinajstić information content (AvgIpc) is 2.21. The quantitative estimate of drug-likeness (QED) is 0.771. The largest absolute Gasteiger partial charge is 0.335 e. The second-order valence-electron chi connectivity index (χ2n) is 5.43. The van der Waals surface area contributed by atoms with E-state index in [0.717, 1.165) is 0 Å². The molecule has 0 heterocycles. The predicted molar refractivity (Wildman–Crippen MR) is 82.5 cm³/mol. The normalized spacial score (nSPS) is 13.0. The van der Waals surface area contributed by atoms with E-state index < -0.39 is 0 Å². The fourth-order valence-corrected chi connectivity index (χ4v) is 2.14. The van der Waals surface area contributed by atoms with Gasteiger partial charge in [0.05, 0.1) is 15.7 Å². The Morgan fingerprint density at radius 1 is 1.16 bits per heavy atom. The lowest BCUT2D eigenvalue weighted by Crippen LogP contribution is -2.43. The third-order valence-corrected chi connectivity index (χ3v) is 3.71. The molecule has 0 spiro atoms. The molecule has 3 nitrogen and oxygen atoms in total. The van der Waals surface area contributed by atoms with Gasteiger partial charge in [0.2, 0.25) is 0 Å². The van der Waals surface area contributed by atoms with E-state index in [2.05, 4.69) is 10.6 Å². The van der Waals surface area contributed by atoms with Crippen LogP contribution in [0.1, 0.15) is 27.7 Å². The fraction of sp³-hybridized carbons (Fsp3) is 0.462. The zero-order valence-electron chi connectivity index (χ0n) is 11.3. The molecule has 0 aliphatic carbocycles. The number of hydrogen-bond acceptors (Lipinski definition) is 1. The smallest absolute Gasteiger partial charge is 0.319 e. The van der Waals surface area contributed by atoms with Crippen molar-refractivity contribution in [3.63, 3.8) is 0 Å². The number of nitrogens with one attached hydrogen (secondary N) is 2. The topological polar surface area (TPSA) is 41.1 Å². The molecule has 1 aromatic carbocycles. The summed E-state index contributed by atoms with van der Waals surface area (Å²) in [4.78, 5) is 11.9. The van der Waals surface area contributed by atoms with Gasteiger partial charge in [-0.1, -0.05) is 55.6 Å². The number of rotatable bonds is 2. The molecule has 0 bridgehead atoms. The maximum atomic E-state index is 11.9. The number of amides is 2. The summed E-state index contributed by atoms with van der Waals surface area (Å²) in [5.41, 5.74) is 0.316. The summed E-state index contributed by atoms with van der Waals surface area (Å²) in [7, 11) is 0. The minimum Gasteiger partial charge on any atom is -0.335 e. The minimum absolute atomic E-state index is 0.00245. The molecular weight excluding hydrogens is 307 g/mol. The van der Waals surface area contributed by atoms with E-state index in [4.69, 9.17) is 34.8 Å². The first-order chi connectivity index (χ1) is 8.61. The van der Waals surface area contributed by atoms with Gasteiger partial charge >= 0.3 is 6.03 Å². The number of halogens is 3. The highest BCUT2D eigenvalue weighted by molar-refractivity contribution is 6.42. The number of hydrogen-bond donors (Lipinski definition) is 2. The van der Waals surface area contributed by atoms with E-state index in [9.17, 15) is 4.79 Å². The number of anilines is 1. The molecule has 6 heteroatoms. The molecule has 1 unspecified atom stereocenters. The van der Waals surface area contributed by atoms with Crippen LogP contribution >= 0.6 is 34.8 Å². The van der Waals surface area contributed by atoms with Crippen LogP contribution in [0.5, 0.6) is 0 Å². The van der Waals surface area contributed by atoms with Gasteiger partial charge in [-0.2, -0.15) is 0 Å². The second-order valence-corrected chi connectivity index (χ2v) is 6.68. The van der Waals surface area contributed by atoms with Gasteiger partial charge in [0.1, 0.15) is 0 Å². The molecule has 0 fully saturated rings. The Morgan fingerprint density at radius 3 is 2.05 bits per heavy atom. The van der Waals surface area contributed by atoms with Crippen LogP contribution in [0.4, 0.5) is 10.5 Å². The maximum Gasteiger partial charge on any atom is 0.319 e. The van der Waals surface area contributed by atoms with Crippen LogP contribution in [0.2, 0.25) is 15.1 Å². The summed E-state index contributed by atoms with van der Waals surface area (Å²) in [6.45, 7) is 8.06. The zero-order chi connectivity index (χ0) is 14.8. The lowest BCUT2D eigenvalue weighted by atomic mass is 9.88. The number of carbonyl (C=O) groups excluding carboxylic acids is 1. The monoisotopic (exact) mass is 322 g/mol. The van der Waals surface area contributed by atoms with Crippen molar-refractivity contribution in [2.45, 2.75) is 33.7 Å². The highest BCUT2D eigenvalue weighted by Gasteiger charge is 2.22. The van der Waals surface area contributed by atoms with Gasteiger partial charge in [-0.25, -0.2) is 4.79 Å². The van der Waals surface area contributed by atoms with Gasteiger partial charge in [-0.3, -0.25) is 0 Å². The van der Waals surface area contributed by atoms with Crippen molar-refractivity contribution in [2.75, 3.05) is 5.32 Å². The standard InChI is InChI=1S/C13H17Cl3N2O/c1-7(13(2,3)4)17-12(19)18-11-9(15)5-8(14)6-10(11)16/h5-7H,1-4H3,(H2,17,18,19). The first-order valence-electron chi connectivity index (χ1n) is 5.83. The second kappa shape index (κ2) is 6.21. The van der Waals surface area contributed by atoms with Crippen LogP contribution in [0.25, 0.3) is 0 Å². The fourth-order valence-electron chi connectivity index (χ4n) is 1.22. The van der Waals surface area contributed by atoms with Crippen molar-refractivity contribution in [1.29, 1.82) is 0 Å². The zero-order valence-corrected chi connectivity index (χ0v) is 13.5. The van der Waals surface area contributed by atoms with E-state index in [-0.39, 0.29) is 17.5 Å². The Hall–Kier alpha value is -0.640. The molecule has 2 amide bonds. The Kier molecular flexibility index (Phi) is 5.36. The van der Waals surface area contributed by atoms with E-state index in [1.807, 2.05) is 27.7 Å². The SMILES string of the molecule is CC(NC(=O)Nc1c(Cl)cc(Cl)cc1Cl)C(C)(C)C. The summed E-state index contributed by atoms with van der Waals surface area (Å²) >= 11 is 17.8. The summed E-state index contributed by atoms with van der Waals surface area (Å²) < 4.78 is 0. The molecule has 1 atom stereocenters. The minimum atomic E-state index is -0.353. The first-order valence-corrected chi connectivity index (χ1v) is 6.96. The molecule has 106 valence electrons. The highest BCUT2D eigenvalue weighted by Crippen LogP contribution is 2.33. The number of carbonyl (C=O) groups is 1. The van der Waals surface area contributed by atoms with Crippen molar-refractivity contribution in [3.8, 4) is 0 Å². The Balaban J connectivity index is 2.79. The summed E-state index contributed by atoms with van der Waals surface area (Å²) in [6.07, 6.45) is 0. The van der Waals surface area contributed by atoms with Crippen LogP contribution in [0.3, 0.4) is 0 Å². The van der Waals surface area contributed by atoms with Crippen molar-refractivity contribution < 1.29 is 4.79 Å². The molecule has 0 radical (unpaired) electrons.